The number of thiol groups is 1. The molecule has 2 aromatic carbocycles. The third-order valence-corrected chi connectivity index (χ3v) is 10.7. The zero-order valence-electron chi connectivity index (χ0n) is 28.2. The summed E-state index contributed by atoms with van der Waals surface area (Å²) >= 11 is 2.53. The second-order valence-electron chi connectivity index (χ2n) is 13.0. The molecule has 48 heavy (non-hydrogen) atoms. The number of benzene rings is 2. The number of rotatable bonds is 7. The highest BCUT2D eigenvalue weighted by Gasteiger charge is 2.63. The molecular weight excluding hydrogens is 626 g/mol. The van der Waals surface area contributed by atoms with E-state index in [-0.39, 0.29) is 36.8 Å². The zero-order valence-corrected chi connectivity index (χ0v) is 29.1. The first-order valence-electron chi connectivity index (χ1n) is 16.4. The molecule has 4 aliphatic carbocycles. The van der Waals surface area contributed by atoms with E-state index in [1.807, 2.05) is 43.5 Å². The van der Waals surface area contributed by atoms with E-state index in [1.165, 1.54) is 28.5 Å². The van der Waals surface area contributed by atoms with Crippen molar-refractivity contribution in [2.45, 2.75) is 84.7 Å². The molecule has 262 valence electrons. The molecule has 4 aliphatic rings. The maximum absolute atomic E-state index is 12.3. The summed E-state index contributed by atoms with van der Waals surface area (Å²) < 4.78 is 23.5. The molecule has 9 heteroatoms. The van der Waals surface area contributed by atoms with Gasteiger partial charge in [-0.25, -0.2) is 4.79 Å². The Bertz CT molecular complexity index is 1450. The van der Waals surface area contributed by atoms with Gasteiger partial charge in [0.2, 0.25) is 0 Å². The van der Waals surface area contributed by atoms with Crippen LogP contribution in [0.25, 0.3) is 0 Å². The summed E-state index contributed by atoms with van der Waals surface area (Å²) in [5.74, 6) is 1.50. The van der Waals surface area contributed by atoms with Crippen LogP contribution in [0.15, 0.2) is 82.5 Å². The fraction of sp³-hybridized carbons (Fsp3) is 0.513. The number of carbonyl (C=O) groups excluding carboxylic acids is 2. The van der Waals surface area contributed by atoms with Crippen molar-refractivity contribution in [2.75, 3.05) is 27.4 Å². The van der Waals surface area contributed by atoms with Gasteiger partial charge in [0, 0.05) is 32.0 Å². The van der Waals surface area contributed by atoms with Gasteiger partial charge in [0.1, 0.15) is 0 Å². The van der Waals surface area contributed by atoms with Crippen molar-refractivity contribution in [1.29, 1.82) is 0 Å². The third-order valence-electron chi connectivity index (χ3n) is 10.7. The van der Waals surface area contributed by atoms with E-state index in [0.29, 0.717) is 24.9 Å². The van der Waals surface area contributed by atoms with E-state index in [2.05, 4.69) is 56.2 Å². The number of nitrogens with zero attached hydrogens (tertiary/aromatic N) is 1. The maximum atomic E-state index is 12.3. The molecule has 0 aromatic heterocycles. The molecule has 0 spiro atoms. The van der Waals surface area contributed by atoms with Gasteiger partial charge in [0.25, 0.3) is 0 Å². The van der Waals surface area contributed by atoms with Gasteiger partial charge >= 0.3 is 6.16 Å². The number of hydrogen-bond acceptors (Lipinski definition) is 9. The standard InChI is InChI=1S/C31H39NO6.C7H8.CH4.H2OS/c1-5-37-29(34)38-32-18-20-6-8-21(9-7-20)26-17-30(2)27(14-15-31(30,36-4)19-35-3)25-12-10-22-16-23(33)11-13-24(22)28(25)26;1-7-5-3-2-4-6-7;;1-2/h6-9,16,18,25-27H,5,10-15,17,19H2,1-4H3;2-6H,1H3;1H4;1-2H/b32-18+;;;/t25?,26?,27?,30?,31-;;;/m1.../s1. The monoisotopic (exact) mass is 679 g/mol. The van der Waals surface area contributed by atoms with Gasteiger partial charge in [0.15, 0.2) is 5.78 Å². The number of allylic oxidation sites excluding steroid dienone is 4. The summed E-state index contributed by atoms with van der Waals surface area (Å²) in [5.41, 5.74) is 7.32. The van der Waals surface area contributed by atoms with Crippen molar-refractivity contribution in [3.8, 4) is 0 Å². The van der Waals surface area contributed by atoms with Crippen LogP contribution in [0.3, 0.4) is 0 Å². The van der Waals surface area contributed by atoms with Crippen molar-refractivity contribution in [1.82, 2.24) is 0 Å². The molecule has 8 nitrogen and oxygen atoms in total. The van der Waals surface area contributed by atoms with Crippen molar-refractivity contribution >= 4 is 31.1 Å². The third kappa shape index (κ3) is 8.30. The first-order chi connectivity index (χ1) is 22.7. The van der Waals surface area contributed by atoms with Gasteiger partial charge in [-0.05, 0) is 105 Å². The van der Waals surface area contributed by atoms with Crippen LogP contribution in [0.4, 0.5) is 4.79 Å². The van der Waals surface area contributed by atoms with Gasteiger partial charge in [-0.1, -0.05) is 85.2 Å². The highest BCUT2D eigenvalue weighted by molar-refractivity contribution is 7.74. The van der Waals surface area contributed by atoms with Crippen molar-refractivity contribution < 1.29 is 33.2 Å². The van der Waals surface area contributed by atoms with Crippen LogP contribution >= 0.6 is 12.9 Å². The van der Waals surface area contributed by atoms with Crippen molar-refractivity contribution in [3.63, 3.8) is 0 Å². The van der Waals surface area contributed by atoms with Gasteiger partial charge in [-0.15, -0.1) is 0 Å². The van der Waals surface area contributed by atoms with Crippen LogP contribution in [0.1, 0.15) is 88.8 Å². The summed E-state index contributed by atoms with van der Waals surface area (Å²) in [6.07, 6.45) is 9.24. The van der Waals surface area contributed by atoms with E-state index in [1.54, 1.807) is 19.6 Å². The number of aryl methyl sites for hydroxylation is 1. The number of carbonyl (C=O) groups is 2. The molecule has 4 unspecified atom stereocenters. The minimum atomic E-state index is -0.814. The molecule has 0 saturated heterocycles. The Balaban J connectivity index is 0.000000549. The number of fused-ring (bicyclic) bond motifs is 4. The van der Waals surface area contributed by atoms with E-state index in [0.717, 1.165) is 44.1 Å². The molecule has 0 amide bonds. The number of methoxy groups -OCH3 is 2. The molecule has 0 bridgehead atoms. The lowest BCUT2D eigenvalue weighted by Crippen LogP contribution is -2.54. The average molecular weight is 680 g/mol. The number of hydrogen-bond donors (Lipinski definition) is 2. The lowest BCUT2D eigenvalue weighted by molar-refractivity contribution is -0.149. The van der Waals surface area contributed by atoms with Crippen LogP contribution < -0.4 is 0 Å². The lowest BCUT2D eigenvalue weighted by Gasteiger charge is -2.55. The zero-order chi connectivity index (χ0) is 34.0. The van der Waals surface area contributed by atoms with Crippen molar-refractivity contribution in [3.05, 3.63) is 94.1 Å². The number of ether oxygens (including phenoxy) is 3. The van der Waals surface area contributed by atoms with Crippen LogP contribution in [-0.2, 0) is 23.8 Å². The van der Waals surface area contributed by atoms with E-state index >= 15 is 0 Å². The first-order valence-corrected chi connectivity index (χ1v) is 16.8. The molecule has 0 aliphatic heterocycles. The Morgan fingerprint density at radius 2 is 1.75 bits per heavy atom. The van der Waals surface area contributed by atoms with Crippen LogP contribution in [0.5, 0.6) is 0 Å². The van der Waals surface area contributed by atoms with Crippen LogP contribution in [-0.4, -0.2) is 55.7 Å². The van der Waals surface area contributed by atoms with E-state index < -0.39 is 6.16 Å². The summed E-state index contributed by atoms with van der Waals surface area (Å²) in [5, 5.41) is 3.76. The summed E-state index contributed by atoms with van der Waals surface area (Å²) in [6.45, 7) is 7.05. The summed E-state index contributed by atoms with van der Waals surface area (Å²) in [7, 11) is 3.62. The molecule has 2 fully saturated rings. The Labute approximate surface area is 292 Å². The van der Waals surface area contributed by atoms with Gasteiger partial charge in [-0.3, -0.25) is 9.63 Å². The SMILES string of the molecule is C.CCOC(=O)O/N=C/c1ccc(C2CC3(C)C(CC[C@]3(COC)OC)C3CCC4=CC(=O)CCC4=C23)cc1.Cc1ccccc1.OS. The fourth-order valence-electron chi connectivity index (χ4n) is 8.52. The van der Waals surface area contributed by atoms with Gasteiger partial charge < -0.3 is 18.8 Å². The minimum Gasteiger partial charge on any atom is -0.433 e. The normalized spacial score (nSPS) is 27.1. The van der Waals surface area contributed by atoms with Crippen LogP contribution in [0.2, 0.25) is 0 Å². The highest BCUT2D eigenvalue weighted by Crippen LogP contribution is 2.67. The molecule has 2 aromatic rings. The summed E-state index contributed by atoms with van der Waals surface area (Å²) in [6, 6.07) is 18.6. The Morgan fingerprint density at radius 3 is 2.35 bits per heavy atom. The first kappa shape index (κ1) is 39.2. The fourth-order valence-corrected chi connectivity index (χ4v) is 8.52. The second kappa shape index (κ2) is 18.0. The molecule has 1 N–H and O–H groups in total. The predicted molar refractivity (Wildman–Crippen MR) is 194 cm³/mol. The van der Waals surface area contributed by atoms with Crippen LogP contribution in [0, 0.1) is 24.2 Å². The lowest BCUT2D eigenvalue weighted by atomic mass is 9.51. The molecule has 0 heterocycles. The Hall–Kier alpha value is -3.24. The topological polar surface area (TPSA) is 104 Å². The van der Waals surface area contributed by atoms with E-state index in [9.17, 15) is 9.59 Å². The number of ketones is 1. The molecule has 2 saturated carbocycles. The molecule has 6 rings (SSSR count). The highest BCUT2D eigenvalue weighted by atomic mass is 32.1. The molecular formula is C39H53NO7S. The summed E-state index contributed by atoms with van der Waals surface area (Å²) in [4.78, 5) is 28.4. The largest absolute Gasteiger partial charge is 0.535 e. The minimum absolute atomic E-state index is 0. The van der Waals surface area contributed by atoms with Crippen molar-refractivity contribution in [2.24, 2.45) is 22.4 Å². The predicted octanol–water partition coefficient (Wildman–Crippen LogP) is 9.15. The van der Waals surface area contributed by atoms with E-state index in [4.69, 9.17) is 23.6 Å². The molecule has 0 radical (unpaired) electrons. The Kier molecular flexibility index (Phi) is 14.7. The average Bonchev–Trinajstić information content (AvgIpc) is 3.38. The smallest absolute Gasteiger partial charge is 0.433 e. The second-order valence-corrected chi connectivity index (χ2v) is 13.0. The number of oxime groups is 1. The van der Waals surface area contributed by atoms with Gasteiger partial charge in [0.05, 0.1) is 25.0 Å². The Morgan fingerprint density at radius 1 is 1.04 bits per heavy atom. The molecule has 5 atom stereocenters. The quantitative estimate of drug-likeness (QED) is 0.0751. The van der Waals surface area contributed by atoms with Gasteiger partial charge in [-0.2, -0.15) is 0 Å². The maximum Gasteiger partial charge on any atom is 0.535 e.